The molecule has 3 nitrogen and oxygen atoms in total. The Morgan fingerprint density at radius 2 is 1.91 bits per heavy atom. The highest BCUT2D eigenvalue weighted by Gasteiger charge is 2.44. The number of piperidine rings is 2. The Kier molecular flexibility index (Phi) is 4.36. The maximum absolute atomic E-state index is 13.1. The lowest BCUT2D eigenvalue weighted by atomic mass is 9.73. The van der Waals surface area contributed by atoms with E-state index >= 15 is 0 Å². The van der Waals surface area contributed by atoms with Crippen molar-refractivity contribution in [3.8, 4) is 0 Å². The van der Waals surface area contributed by atoms with E-state index in [1.807, 2.05) is 0 Å². The molecule has 1 N–H and O–H groups in total. The summed E-state index contributed by atoms with van der Waals surface area (Å²) in [5.41, 5.74) is -0.882. The molecule has 2 aliphatic rings. The van der Waals surface area contributed by atoms with Gasteiger partial charge in [-0.25, -0.2) is 0 Å². The number of benzene rings is 1. The quantitative estimate of drug-likeness (QED) is 0.905. The van der Waals surface area contributed by atoms with E-state index in [4.69, 9.17) is 0 Å². The summed E-state index contributed by atoms with van der Waals surface area (Å²) >= 11 is 0. The van der Waals surface area contributed by atoms with Crippen LogP contribution in [0.3, 0.4) is 0 Å². The third-order valence-electron chi connectivity index (χ3n) is 4.98. The molecule has 1 atom stereocenters. The van der Waals surface area contributed by atoms with Gasteiger partial charge in [0.05, 0.1) is 11.0 Å². The molecule has 3 rings (SSSR count). The average Bonchev–Trinajstić information content (AvgIpc) is 2.52. The fourth-order valence-electron chi connectivity index (χ4n) is 3.81. The molecule has 0 aromatic heterocycles. The van der Waals surface area contributed by atoms with Crippen molar-refractivity contribution in [3.63, 3.8) is 0 Å². The van der Waals surface area contributed by atoms with Gasteiger partial charge in [-0.1, -0.05) is 18.2 Å². The molecule has 1 spiro atoms. The van der Waals surface area contributed by atoms with Gasteiger partial charge in [0.2, 0.25) is 5.91 Å². The zero-order valence-electron chi connectivity index (χ0n) is 13.0. The van der Waals surface area contributed by atoms with Crippen LogP contribution in [-0.4, -0.2) is 30.4 Å². The standard InChI is InChI=1S/C17H21F3N2O/c18-17(19,20)14-6-2-1-5-13(14)11-22-10-4-8-16(15(22)23)7-3-9-21-12-16/h1-2,5-6,21H,3-4,7-12H2. The van der Waals surface area contributed by atoms with E-state index < -0.39 is 17.2 Å². The van der Waals surface area contributed by atoms with E-state index in [-0.39, 0.29) is 18.0 Å². The fraction of sp³-hybridized carbons (Fsp3) is 0.588. The topological polar surface area (TPSA) is 32.3 Å². The molecule has 2 heterocycles. The first-order valence-electron chi connectivity index (χ1n) is 8.08. The van der Waals surface area contributed by atoms with Gasteiger partial charge in [0.15, 0.2) is 0 Å². The van der Waals surface area contributed by atoms with Gasteiger partial charge in [-0.2, -0.15) is 13.2 Å². The predicted octanol–water partition coefficient (Wildman–Crippen LogP) is 3.20. The number of carbonyl (C=O) groups excluding carboxylic acids is 1. The molecule has 0 saturated carbocycles. The molecule has 23 heavy (non-hydrogen) atoms. The van der Waals surface area contributed by atoms with Crippen LogP contribution in [0.2, 0.25) is 0 Å². The van der Waals surface area contributed by atoms with E-state index in [0.717, 1.165) is 38.3 Å². The summed E-state index contributed by atoms with van der Waals surface area (Å²) in [6.07, 6.45) is -0.938. The Hall–Kier alpha value is -1.56. The SMILES string of the molecule is O=C1N(Cc2ccccc2C(F)(F)F)CCCC12CCCNC2. The summed E-state index contributed by atoms with van der Waals surface area (Å²) in [7, 11) is 0. The maximum Gasteiger partial charge on any atom is 0.416 e. The highest BCUT2D eigenvalue weighted by atomic mass is 19.4. The van der Waals surface area contributed by atoms with Crippen LogP contribution in [0.15, 0.2) is 24.3 Å². The summed E-state index contributed by atoms with van der Waals surface area (Å²) in [5.74, 6) is 0.00734. The second kappa shape index (κ2) is 6.15. The lowest BCUT2D eigenvalue weighted by Gasteiger charge is -2.44. The smallest absolute Gasteiger partial charge is 0.338 e. The van der Waals surface area contributed by atoms with Gasteiger partial charge >= 0.3 is 6.18 Å². The van der Waals surface area contributed by atoms with Gasteiger partial charge in [0.1, 0.15) is 0 Å². The molecule has 1 aromatic rings. The molecule has 2 saturated heterocycles. The number of nitrogens with one attached hydrogen (secondary N) is 1. The summed E-state index contributed by atoms with van der Waals surface area (Å²) in [5, 5.41) is 3.27. The van der Waals surface area contributed by atoms with Gasteiger partial charge in [-0.3, -0.25) is 4.79 Å². The molecule has 1 unspecified atom stereocenters. The molecule has 1 amide bonds. The minimum absolute atomic E-state index is 0.00734. The minimum Gasteiger partial charge on any atom is -0.338 e. The first-order chi connectivity index (χ1) is 10.9. The molecule has 2 fully saturated rings. The van der Waals surface area contributed by atoms with Crippen LogP contribution in [0.5, 0.6) is 0 Å². The summed E-state index contributed by atoms with van der Waals surface area (Å²) in [6, 6.07) is 5.53. The van der Waals surface area contributed by atoms with Crippen LogP contribution in [0.1, 0.15) is 36.8 Å². The number of alkyl halides is 3. The van der Waals surface area contributed by atoms with E-state index in [2.05, 4.69) is 5.32 Å². The van der Waals surface area contributed by atoms with Crippen molar-refractivity contribution >= 4 is 5.91 Å². The number of carbonyl (C=O) groups is 1. The second-order valence-corrected chi connectivity index (χ2v) is 6.55. The molecule has 6 heteroatoms. The number of hydrogen-bond donors (Lipinski definition) is 1. The van der Waals surface area contributed by atoms with Crippen LogP contribution in [0.25, 0.3) is 0 Å². The van der Waals surface area contributed by atoms with E-state index in [0.29, 0.717) is 13.1 Å². The van der Waals surface area contributed by atoms with Gasteiger partial charge in [0.25, 0.3) is 0 Å². The van der Waals surface area contributed by atoms with Gasteiger partial charge < -0.3 is 10.2 Å². The van der Waals surface area contributed by atoms with Crippen LogP contribution >= 0.6 is 0 Å². The van der Waals surface area contributed by atoms with Crippen LogP contribution < -0.4 is 5.32 Å². The second-order valence-electron chi connectivity index (χ2n) is 6.55. The van der Waals surface area contributed by atoms with Crippen molar-refractivity contribution in [1.29, 1.82) is 0 Å². The summed E-state index contributed by atoms with van der Waals surface area (Å²) in [6.45, 7) is 2.12. The van der Waals surface area contributed by atoms with Crippen LogP contribution in [0, 0.1) is 5.41 Å². The van der Waals surface area contributed by atoms with E-state index in [1.54, 1.807) is 11.0 Å². The zero-order valence-corrected chi connectivity index (χ0v) is 13.0. The Balaban J connectivity index is 1.82. The molecule has 0 bridgehead atoms. The van der Waals surface area contributed by atoms with Crippen molar-refractivity contribution in [2.45, 2.75) is 38.4 Å². The number of rotatable bonds is 2. The van der Waals surface area contributed by atoms with Crippen molar-refractivity contribution in [1.82, 2.24) is 10.2 Å². The third-order valence-corrected chi connectivity index (χ3v) is 4.98. The number of hydrogen-bond acceptors (Lipinski definition) is 2. The molecule has 0 radical (unpaired) electrons. The fourth-order valence-corrected chi connectivity index (χ4v) is 3.81. The molecule has 1 aromatic carbocycles. The Morgan fingerprint density at radius 1 is 1.17 bits per heavy atom. The summed E-state index contributed by atoms with van der Waals surface area (Å²) < 4.78 is 39.4. The Labute approximate surface area is 133 Å². The van der Waals surface area contributed by atoms with E-state index in [1.165, 1.54) is 12.1 Å². The first-order valence-corrected chi connectivity index (χ1v) is 8.08. The number of halogens is 3. The van der Waals surface area contributed by atoms with Crippen molar-refractivity contribution in [3.05, 3.63) is 35.4 Å². The largest absolute Gasteiger partial charge is 0.416 e. The lowest BCUT2D eigenvalue weighted by Crippen LogP contribution is -2.55. The van der Waals surface area contributed by atoms with Gasteiger partial charge in [0, 0.05) is 19.6 Å². The number of nitrogens with zero attached hydrogens (tertiary/aromatic N) is 1. The number of amides is 1. The zero-order chi connectivity index (χ0) is 16.5. The maximum atomic E-state index is 13.1. The van der Waals surface area contributed by atoms with Crippen LogP contribution in [-0.2, 0) is 17.5 Å². The highest BCUT2D eigenvalue weighted by molar-refractivity contribution is 5.84. The third kappa shape index (κ3) is 3.22. The Bertz CT molecular complexity index is 574. The molecular formula is C17H21F3N2O. The predicted molar refractivity (Wildman–Crippen MR) is 80.6 cm³/mol. The molecular weight excluding hydrogens is 305 g/mol. The minimum atomic E-state index is -4.39. The monoisotopic (exact) mass is 326 g/mol. The molecule has 0 aliphatic carbocycles. The average molecular weight is 326 g/mol. The van der Waals surface area contributed by atoms with Crippen molar-refractivity contribution in [2.24, 2.45) is 5.41 Å². The highest BCUT2D eigenvalue weighted by Crippen LogP contribution is 2.38. The Morgan fingerprint density at radius 3 is 2.61 bits per heavy atom. The number of likely N-dealkylation sites (tertiary alicyclic amines) is 1. The molecule has 2 aliphatic heterocycles. The van der Waals surface area contributed by atoms with Gasteiger partial charge in [-0.15, -0.1) is 0 Å². The van der Waals surface area contributed by atoms with Crippen LogP contribution in [0.4, 0.5) is 13.2 Å². The van der Waals surface area contributed by atoms with Crippen molar-refractivity contribution < 1.29 is 18.0 Å². The van der Waals surface area contributed by atoms with Gasteiger partial charge in [-0.05, 0) is 43.9 Å². The summed E-state index contributed by atoms with van der Waals surface area (Å²) in [4.78, 5) is 14.5. The lowest BCUT2D eigenvalue weighted by molar-refractivity contribution is -0.149. The van der Waals surface area contributed by atoms with E-state index in [9.17, 15) is 18.0 Å². The van der Waals surface area contributed by atoms with Crippen molar-refractivity contribution in [2.75, 3.05) is 19.6 Å². The normalized spacial score (nSPS) is 25.9. The first kappa shape index (κ1) is 16.3. The molecule has 126 valence electrons.